The first-order chi connectivity index (χ1) is 21.0. The number of hydrogen-bond acceptors (Lipinski definition) is 8. The first-order valence-electron chi connectivity index (χ1n) is 16.8. The van der Waals surface area contributed by atoms with Crippen LogP contribution in [0.4, 0.5) is 0 Å². The normalized spacial score (nSPS) is 29.1. The lowest BCUT2D eigenvalue weighted by Gasteiger charge is -2.52. The molecule has 4 aliphatic heterocycles. The van der Waals surface area contributed by atoms with Crippen LogP contribution in [-0.2, 0) is 19.1 Å². The summed E-state index contributed by atoms with van der Waals surface area (Å²) in [7, 11) is 0. The van der Waals surface area contributed by atoms with E-state index in [0.29, 0.717) is 55.4 Å². The van der Waals surface area contributed by atoms with E-state index < -0.39 is 34.5 Å². The highest BCUT2D eigenvalue weighted by Crippen LogP contribution is 2.51. The summed E-state index contributed by atoms with van der Waals surface area (Å²) in [5.74, 6) is -0.316. The van der Waals surface area contributed by atoms with Gasteiger partial charge in [0, 0.05) is 42.4 Å². The van der Waals surface area contributed by atoms with E-state index in [4.69, 9.17) is 9.47 Å². The van der Waals surface area contributed by atoms with Gasteiger partial charge in [-0.2, -0.15) is 0 Å². The van der Waals surface area contributed by atoms with Gasteiger partial charge in [0.15, 0.2) is 0 Å². The molecule has 7 rings (SSSR count). The molecule has 3 atom stereocenters. The molecule has 2 aliphatic carbocycles. The van der Waals surface area contributed by atoms with Gasteiger partial charge in [-0.05, 0) is 79.1 Å². The van der Waals surface area contributed by atoms with Gasteiger partial charge in [0.25, 0.3) is 5.91 Å². The van der Waals surface area contributed by atoms with Gasteiger partial charge < -0.3 is 29.7 Å². The highest BCUT2D eigenvalue weighted by Gasteiger charge is 2.61. The molecular weight excluding hydrogens is 592 g/mol. The van der Waals surface area contributed by atoms with Crippen molar-refractivity contribution in [3.63, 3.8) is 0 Å². The number of likely N-dealkylation sites (tertiary alicyclic amines) is 2. The summed E-state index contributed by atoms with van der Waals surface area (Å²) >= 11 is 1.38. The molecule has 250 valence electrons. The van der Waals surface area contributed by atoms with Crippen molar-refractivity contribution >= 4 is 29.1 Å². The van der Waals surface area contributed by atoms with Crippen molar-refractivity contribution in [1.82, 2.24) is 20.1 Å². The summed E-state index contributed by atoms with van der Waals surface area (Å²) in [6, 6.07) is -0.665. The van der Waals surface area contributed by atoms with Crippen LogP contribution in [0.1, 0.15) is 93.5 Å². The summed E-state index contributed by atoms with van der Waals surface area (Å²) in [6.07, 6.45) is 6.34. The topological polar surface area (TPSA) is 121 Å². The summed E-state index contributed by atoms with van der Waals surface area (Å²) in [5.41, 5.74) is -1.52. The predicted octanol–water partition coefficient (Wildman–Crippen LogP) is 3.72. The van der Waals surface area contributed by atoms with Crippen molar-refractivity contribution < 1.29 is 29.0 Å². The Labute approximate surface area is 271 Å². The summed E-state index contributed by atoms with van der Waals surface area (Å²) in [6.45, 7) is 15.9. The number of fused-ring (bicyclic) bond motifs is 3. The van der Waals surface area contributed by atoms with Gasteiger partial charge in [-0.25, -0.2) is 4.98 Å². The van der Waals surface area contributed by atoms with E-state index in [1.807, 2.05) is 39.5 Å². The average molecular weight is 645 g/mol. The number of nitrogens with zero attached hydrogens (tertiary/aromatic N) is 3. The predicted molar refractivity (Wildman–Crippen MR) is 171 cm³/mol. The Morgan fingerprint density at radius 1 is 1.09 bits per heavy atom. The number of carbonyl (C=O) groups is 3. The molecule has 11 heteroatoms. The first kappa shape index (κ1) is 32.8. The van der Waals surface area contributed by atoms with Crippen LogP contribution in [0.5, 0.6) is 0 Å². The molecule has 0 radical (unpaired) electrons. The van der Waals surface area contributed by atoms with Crippen LogP contribution < -0.4 is 5.32 Å². The van der Waals surface area contributed by atoms with Crippen molar-refractivity contribution in [1.29, 1.82) is 0 Å². The van der Waals surface area contributed by atoms with Crippen LogP contribution >= 0.6 is 11.3 Å². The Kier molecular flexibility index (Phi) is 8.44. The number of thiazole rings is 1. The Morgan fingerprint density at radius 3 is 2.27 bits per heavy atom. The van der Waals surface area contributed by atoms with E-state index in [9.17, 15) is 19.5 Å². The number of aliphatic hydroxyl groups is 1. The minimum absolute atomic E-state index is 0.00313. The number of aromatic nitrogens is 1. The van der Waals surface area contributed by atoms with E-state index in [1.165, 1.54) is 11.3 Å². The van der Waals surface area contributed by atoms with Crippen LogP contribution in [0.25, 0.3) is 0 Å². The molecule has 0 aromatic carbocycles. The van der Waals surface area contributed by atoms with Crippen molar-refractivity contribution in [3.05, 3.63) is 15.6 Å². The molecule has 3 amide bonds. The maximum atomic E-state index is 14.3. The van der Waals surface area contributed by atoms with E-state index in [0.717, 1.165) is 43.5 Å². The second-order valence-electron chi connectivity index (χ2n) is 16.1. The van der Waals surface area contributed by atoms with E-state index in [-0.39, 0.29) is 29.7 Å². The lowest BCUT2D eigenvalue weighted by atomic mass is 9.69. The monoisotopic (exact) mass is 644 g/mol. The third-order valence-electron chi connectivity index (χ3n) is 11.6. The smallest absolute Gasteiger partial charge is 0.265 e. The summed E-state index contributed by atoms with van der Waals surface area (Å²) < 4.78 is 12.4. The second kappa shape index (κ2) is 11.6. The van der Waals surface area contributed by atoms with Crippen LogP contribution in [-0.4, -0.2) is 101 Å². The lowest BCUT2D eigenvalue weighted by molar-refractivity contribution is -0.162. The van der Waals surface area contributed by atoms with Crippen LogP contribution in [0.2, 0.25) is 0 Å². The largest absolute Gasteiger partial charge is 0.388 e. The van der Waals surface area contributed by atoms with Crippen LogP contribution in [0.15, 0.2) is 0 Å². The molecule has 45 heavy (non-hydrogen) atoms. The molecule has 2 bridgehead atoms. The Hall–Kier alpha value is -2.08. The van der Waals surface area contributed by atoms with E-state index >= 15 is 0 Å². The number of rotatable bonds is 10. The van der Waals surface area contributed by atoms with Crippen molar-refractivity contribution in [2.75, 3.05) is 39.4 Å². The zero-order valence-corrected chi connectivity index (χ0v) is 28.9. The fourth-order valence-corrected chi connectivity index (χ4v) is 9.33. The lowest BCUT2D eigenvalue weighted by Crippen LogP contribution is -2.67. The van der Waals surface area contributed by atoms with Gasteiger partial charge in [0.05, 0.1) is 53.7 Å². The standard InChI is InChI=1S/C34H52N4O6S/c1-20-26(45-22(3)35-20)29(40)37-14-25(34(15-37)16-38(17-34)30(41)31(4,5)23-8-9-23)28(39)36-27(32(6,7)42)21(2)43-18-33-12-10-24(11-13-33)44-19-33/h21,23-25,27,42H,8-19H2,1-7H3,(H,36,39)/t21-,24?,25+,27?,33?/m1/s1. The SMILES string of the molecule is Cc1nc(C)c(C(=O)N2C[C@@H](C(=O)NC([C@@H](C)OCC34CCC(CC3)OC4)C(C)(C)O)C3(C2)CN(C(=O)C(C)(C)C2CC2)C3)s1. The number of ether oxygens (including phenoxy) is 2. The number of amides is 3. The minimum atomic E-state index is -1.25. The summed E-state index contributed by atoms with van der Waals surface area (Å²) in [4.78, 5) is 50.3. The third-order valence-corrected chi connectivity index (χ3v) is 12.7. The van der Waals surface area contributed by atoms with E-state index in [1.54, 1.807) is 18.7 Å². The minimum Gasteiger partial charge on any atom is -0.388 e. The molecule has 2 N–H and O–H groups in total. The van der Waals surface area contributed by atoms with Crippen LogP contribution in [0.3, 0.4) is 0 Å². The highest BCUT2D eigenvalue weighted by atomic mass is 32.1. The number of hydrogen-bond donors (Lipinski definition) is 2. The first-order valence-corrected chi connectivity index (χ1v) is 17.6. The fourth-order valence-electron chi connectivity index (χ4n) is 8.44. The second-order valence-corrected chi connectivity index (χ2v) is 17.3. The van der Waals surface area contributed by atoms with Crippen molar-refractivity contribution in [2.24, 2.45) is 28.1 Å². The molecule has 1 aromatic rings. The van der Waals surface area contributed by atoms with Gasteiger partial charge in [-0.1, -0.05) is 13.8 Å². The Balaban J connectivity index is 1.19. The molecule has 10 nitrogen and oxygen atoms in total. The number of aryl methyl sites for hydroxylation is 2. The van der Waals surface area contributed by atoms with Gasteiger partial charge in [0.1, 0.15) is 4.88 Å². The molecule has 1 unspecified atom stereocenters. The van der Waals surface area contributed by atoms with Gasteiger partial charge in [-0.3, -0.25) is 14.4 Å². The molecule has 5 heterocycles. The van der Waals surface area contributed by atoms with Gasteiger partial charge >= 0.3 is 0 Å². The zero-order chi connectivity index (χ0) is 32.5. The molecule has 1 spiro atoms. The third kappa shape index (κ3) is 6.19. The molecule has 6 aliphatic rings. The number of carbonyl (C=O) groups excluding carboxylic acids is 3. The summed E-state index contributed by atoms with van der Waals surface area (Å²) in [5, 5.41) is 15.2. The Bertz CT molecular complexity index is 1300. The Morgan fingerprint density at radius 2 is 1.73 bits per heavy atom. The molecular formula is C34H52N4O6S. The quantitative estimate of drug-likeness (QED) is 0.398. The molecule has 6 fully saturated rings. The van der Waals surface area contributed by atoms with Gasteiger partial charge in [-0.15, -0.1) is 11.3 Å². The zero-order valence-electron chi connectivity index (χ0n) is 28.1. The number of nitrogens with one attached hydrogen (secondary N) is 1. The van der Waals surface area contributed by atoms with Crippen molar-refractivity contribution in [3.8, 4) is 0 Å². The maximum absolute atomic E-state index is 14.3. The molecule has 1 aromatic heterocycles. The molecule has 4 saturated heterocycles. The highest BCUT2D eigenvalue weighted by molar-refractivity contribution is 7.13. The van der Waals surface area contributed by atoms with E-state index in [2.05, 4.69) is 10.3 Å². The van der Waals surface area contributed by atoms with Crippen LogP contribution in [0, 0.1) is 41.9 Å². The fraction of sp³-hybridized carbons (Fsp3) is 0.824. The average Bonchev–Trinajstić information content (AvgIpc) is 3.68. The molecule has 2 saturated carbocycles. The van der Waals surface area contributed by atoms with Crippen molar-refractivity contribution in [2.45, 2.75) is 111 Å². The van der Waals surface area contributed by atoms with Gasteiger partial charge in [0.2, 0.25) is 11.8 Å². The maximum Gasteiger partial charge on any atom is 0.265 e.